The lowest BCUT2D eigenvalue weighted by Gasteiger charge is -2.29. The van der Waals surface area contributed by atoms with E-state index >= 15 is 0 Å². The Morgan fingerprint density at radius 1 is 1.17 bits per heavy atom. The van der Waals surface area contributed by atoms with Crippen LogP contribution in [0.2, 0.25) is 5.02 Å². The third-order valence-electron chi connectivity index (χ3n) is 5.01. The molecule has 1 amide bonds. The Morgan fingerprint density at radius 2 is 1.80 bits per heavy atom. The van der Waals surface area contributed by atoms with Gasteiger partial charge < -0.3 is 15.0 Å². The standard InChI is InChI=1S/C21H26ClN3O4S/c1-15-4-7-19(14-20(15)22)25(30(3,27)28)16(2)21(26)23-17-5-8-18(9-6-17)24-10-12-29-13-11-24/h4-9,14,16H,10-13H2,1-3H3,(H,23,26)/t16-/m0/s1. The Kier molecular flexibility index (Phi) is 6.90. The van der Waals surface area contributed by atoms with Gasteiger partial charge in [-0.15, -0.1) is 0 Å². The van der Waals surface area contributed by atoms with Gasteiger partial charge in [0, 0.05) is 29.5 Å². The Hall–Kier alpha value is -2.29. The Labute approximate surface area is 182 Å². The third kappa shape index (κ3) is 5.24. The van der Waals surface area contributed by atoms with Crippen LogP contribution >= 0.6 is 11.6 Å². The number of anilines is 3. The molecule has 0 aromatic heterocycles. The zero-order chi connectivity index (χ0) is 21.9. The van der Waals surface area contributed by atoms with Crippen molar-refractivity contribution < 1.29 is 17.9 Å². The summed E-state index contributed by atoms with van der Waals surface area (Å²) in [6.07, 6.45) is 1.07. The van der Waals surface area contributed by atoms with Crippen molar-refractivity contribution in [1.29, 1.82) is 0 Å². The highest BCUT2D eigenvalue weighted by atomic mass is 35.5. The molecule has 1 heterocycles. The monoisotopic (exact) mass is 451 g/mol. The summed E-state index contributed by atoms with van der Waals surface area (Å²) in [5, 5.41) is 3.24. The number of carbonyl (C=O) groups excluding carboxylic acids is 1. The zero-order valence-corrected chi connectivity index (χ0v) is 18.8. The number of hydrogen-bond acceptors (Lipinski definition) is 5. The van der Waals surface area contributed by atoms with Crippen LogP contribution in [-0.2, 0) is 19.6 Å². The molecule has 162 valence electrons. The van der Waals surface area contributed by atoms with Crippen molar-refractivity contribution in [3.8, 4) is 0 Å². The minimum absolute atomic E-state index is 0.346. The predicted octanol–water partition coefficient (Wildman–Crippen LogP) is 3.28. The van der Waals surface area contributed by atoms with Crippen LogP contribution in [-0.4, -0.2) is 52.9 Å². The van der Waals surface area contributed by atoms with E-state index in [0.29, 0.717) is 29.6 Å². The molecule has 1 aliphatic rings. The summed E-state index contributed by atoms with van der Waals surface area (Å²) in [7, 11) is -3.71. The van der Waals surface area contributed by atoms with Crippen LogP contribution in [0.1, 0.15) is 12.5 Å². The highest BCUT2D eigenvalue weighted by Crippen LogP contribution is 2.27. The summed E-state index contributed by atoms with van der Waals surface area (Å²) in [4.78, 5) is 15.0. The highest BCUT2D eigenvalue weighted by molar-refractivity contribution is 7.92. The first-order valence-corrected chi connectivity index (χ1v) is 11.9. The minimum Gasteiger partial charge on any atom is -0.378 e. The van der Waals surface area contributed by atoms with Crippen molar-refractivity contribution in [2.45, 2.75) is 19.9 Å². The zero-order valence-electron chi connectivity index (χ0n) is 17.3. The Bertz CT molecular complexity index is 1010. The minimum atomic E-state index is -3.71. The number of benzene rings is 2. The Balaban J connectivity index is 1.76. The first kappa shape index (κ1) is 22.4. The molecule has 1 saturated heterocycles. The van der Waals surface area contributed by atoms with Crippen LogP contribution in [0, 0.1) is 6.92 Å². The SMILES string of the molecule is Cc1ccc(N([C@@H](C)C(=O)Nc2ccc(N3CCOCC3)cc2)S(C)(=O)=O)cc1Cl. The van der Waals surface area contributed by atoms with Crippen LogP contribution < -0.4 is 14.5 Å². The maximum absolute atomic E-state index is 12.8. The van der Waals surface area contributed by atoms with Crippen molar-refractivity contribution in [2.75, 3.05) is 47.1 Å². The molecular weight excluding hydrogens is 426 g/mol. The average Bonchev–Trinajstić information content (AvgIpc) is 2.71. The van der Waals surface area contributed by atoms with Gasteiger partial charge in [-0.3, -0.25) is 9.10 Å². The number of nitrogens with zero attached hydrogens (tertiary/aromatic N) is 2. The third-order valence-corrected chi connectivity index (χ3v) is 6.66. The molecule has 7 nitrogen and oxygen atoms in total. The fourth-order valence-electron chi connectivity index (χ4n) is 3.35. The van der Waals surface area contributed by atoms with Crippen molar-refractivity contribution in [3.63, 3.8) is 0 Å². The molecule has 1 atom stereocenters. The lowest BCUT2D eigenvalue weighted by atomic mass is 10.2. The van der Waals surface area contributed by atoms with E-state index in [9.17, 15) is 13.2 Å². The van der Waals surface area contributed by atoms with Crippen molar-refractivity contribution in [2.24, 2.45) is 0 Å². The molecular formula is C21H26ClN3O4S. The molecule has 0 spiro atoms. The molecule has 0 aliphatic carbocycles. The topological polar surface area (TPSA) is 79.0 Å². The maximum Gasteiger partial charge on any atom is 0.247 e. The van der Waals surface area contributed by atoms with Crippen LogP contribution in [0.3, 0.4) is 0 Å². The van der Waals surface area contributed by atoms with Crippen molar-refractivity contribution >= 4 is 44.6 Å². The number of morpholine rings is 1. The largest absolute Gasteiger partial charge is 0.378 e. The van der Waals surface area contributed by atoms with Gasteiger partial charge in [-0.2, -0.15) is 0 Å². The number of amides is 1. The normalized spacial score (nSPS) is 15.5. The van der Waals surface area contributed by atoms with Crippen LogP contribution in [0.5, 0.6) is 0 Å². The molecule has 3 rings (SSSR count). The van der Waals surface area contributed by atoms with E-state index in [0.717, 1.165) is 34.9 Å². The molecule has 0 radical (unpaired) electrons. The van der Waals surface area contributed by atoms with E-state index in [1.54, 1.807) is 25.1 Å². The lowest BCUT2D eigenvalue weighted by molar-refractivity contribution is -0.116. The van der Waals surface area contributed by atoms with Gasteiger partial charge in [-0.05, 0) is 55.8 Å². The number of carbonyl (C=O) groups is 1. The van der Waals surface area contributed by atoms with Gasteiger partial charge in [0.2, 0.25) is 15.9 Å². The number of hydrogen-bond donors (Lipinski definition) is 1. The van der Waals surface area contributed by atoms with E-state index in [1.165, 1.54) is 0 Å². The molecule has 1 N–H and O–H groups in total. The molecule has 9 heteroatoms. The maximum atomic E-state index is 12.8. The lowest BCUT2D eigenvalue weighted by Crippen LogP contribution is -2.45. The first-order chi connectivity index (χ1) is 14.2. The van der Waals surface area contributed by atoms with Gasteiger partial charge in [0.25, 0.3) is 0 Å². The molecule has 2 aromatic rings. The van der Waals surface area contributed by atoms with Gasteiger partial charge in [0.1, 0.15) is 6.04 Å². The van der Waals surface area contributed by atoms with Crippen molar-refractivity contribution in [1.82, 2.24) is 0 Å². The molecule has 2 aromatic carbocycles. The van der Waals surface area contributed by atoms with Crippen LogP contribution in [0.15, 0.2) is 42.5 Å². The van der Waals surface area contributed by atoms with E-state index in [2.05, 4.69) is 10.2 Å². The van der Waals surface area contributed by atoms with E-state index in [1.807, 2.05) is 31.2 Å². The Morgan fingerprint density at radius 3 is 2.37 bits per heavy atom. The van der Waals surface area contributed by atoms with E-state index in [-0.39, 0.29) is 0 Å². The van der Waals surface area contributed by atoms with Crippen molar-refractivity contribution in [3.05, 3.63) is 53.1 Å². The molecule has 30 heavy (non-hydrogen) atoms. The smallest absolute Gasteiger partial charge is 0.247 e. The molecule has 0 saturated carbocycles. The van der Waals surface area contributed by atoms with Crippen LogP contribution in [0.25, 0.3) is 0 Å². The molecule has 0 unspecified atom stereocenters. The summed E-state index contributed by atoms with van der Waals surface area (Å²) in [6.45, 7) is 6.41. The summed E-state index contributed by atoms with van der Waals surface area (Å²) in [5.74, 6) is -0.434. The van der Waals surface area contributed by atoms with Gasteiger partial charge in [-0.25, -0.2) is 8.42 Å². The molecule has 1 fully saturated rings. The second-order valence-corrected chi connectivity index (χ2v) is 9.57. The predicted molar refractivity (Wildman–Crippen MR) is 121 cm³/mol. The fourth-order valence-corrected chi connectivity index (χ4v) is 4.69. The summed E-state index contributed by atoms with van der Waals surface area (Å²) in [5.41, 5.74) is 2.82. The summed E-state index contributed by atoms with van der Waals surface area (Å²) in [6, 6.07) is 11.4. The second kappa shape index (κ2) is 9.24. The quantitative estimate of drug-likeness (QED) is 0.729. The molecule has 0 bridgehead atoms. The average molecular weight is 452 g/mol. The van der Waals surface area contributed by atoms with E-state index in [4.69, 9.17) is 16.3 Å². The van der Waals surface area contributed by atoms with Gasteiger partial charge >= 0.3 is 0 Å². The summed E-state index contributed by atoms with van der Waals surface area (Å²) < 4.78 is 31.3. The number of halogens is 1. The van der Waals surface area contributed by atoms with E-state index < -0.39 is 22.0 Å². The number of ether oxygens (including phenoxy) is 1. The van der Waals surface area contributed by atoms with Gasteiger partial charge in [0.05, 0.1) is 25.2 Å². The second-order valence-electron chi connectivity index (χ2n) is 7.30. The number of rotatable bonds is 6. The van der Waals surface area contributed by atoms with Gasteiger partial charge in [0.15, 0.2) is 0 Å². The number of sulfonamides is 1. The number of nitrogens with one attached hydrogen (secondary N) is 1. The molecule has 1 aliphatic heterocycles. The highest BCUT2D eigenvalue weighted by Gasteiger charge is 2.29. The van der Waals surface area contributed by atoms with Crippen LogP contribution in [0.4, 0.5) is 17.1 Å². The number of aryl methyl sites for hydroxylation is 1. The van der Waals surface area contributed by atoms with Gasteiger partial charge in [-0.1, -0.05) is 17.7 Å². The first-order valence-electron chi connectivity index (χ1n) is 9.66. The fraction of sp³-hybridized carbons (Fsp3) is 0.381. The summed E-state index contributed by atoms with van der Waals surface area (Å²) >= 11 is 6.17.